The number of nitrogens with zero attached hydrogens (tertiary/aromatic N) is 1. The summed E-state index contributed by atoms with van der Waals surface area (Å²) in [7, 11) is 0. The molecule has 2 aromatic carbocycles. The average molecular weight is 493 g/mol. The molecule has 1 atom stereocenters. The molecule has 2 aromatic rings. The molecule has 0 saturated heterocycles. The third-order valence-electron chi connectivity index (χ3n) is 5.33. The Labute approximate surface area is 203 Å². The number of rotatable bonds is 11. The van der Waals surface area contributed by atoms with Crippen LogP contribution in [-0.2, 0) is 10.5 Å². The number of carbonyl (C=O) groups is 1. The van der Waals surface area contributed by atoms with Gasteiger partial charge in [-0.2, -0.15) is 0 Å². The number of carboxylic acid groups (broad SMARTS) is 1. The van der Waals surface area contributed by atoms with Gasteiger partial charge in [0.25, 0.3) is 0 Å². The highest BCUT2D eigenvalue weighted by Gasteiger charge is 2.32. The van der Waals surface area contributed by atoms with Gasteiger partial charge in [-0.1, -0.05) is 38.0 Å². The summed E-state index contributed by atoms with van der Waals surface area (Å²) in [6.45, 7) is 5.48. The van der Waals surface area contributed by atoms with Gasteiger partial charge in [0.15, 0.2) is 0 Å². The first-order valence-corrected chi connectivity index (χ1v) is 13.9. The van der Waals surface area contributed by atoms with Gasteiger partial charge in [0, 0.05) is 39.1 Å². The number of aliphatic carboxylic acids is 1. The van der Waals surface area contributed by atoms with Crippen LogP contribution in [0.5, 0.6) is 0 Å². The number of thioether (sulfide) groups is 2. The van der Waals surface area contributed by atoms with Gasteiger partial charge in [-0.05, 0) is 55.1 Å². The number of fused-ring (bicyclic) bond motifs is 1. The van der Waals surface area contributed by atoms with E-state index in [0.717, 1.165) is 52.5 Å². The summed E-state index contributed by atoms with van der Waals surface area (Å²) in [5.41, 5.74) is 3.38. The van der Waals surface area contributed by atoms with E-state index in [0.29, 0.717) is 11.5 Å². The van der Waals surface area contributed by atoms with E-state index in [-0.39, 0.29) is 17.9 Å². The number of hydrogen-bond acceptors (Lipinski definition) is 7. The standard InChI is InChI=1S/C24H32N2O3S3/c1-3-4-10-24(2)17-26(19-8-6-5-7-9-19)20-14-21(31-12-11-27)18(13-22(20)32-25-24)15-30-16-23(28)29/h5-9,13-14,25,27H,3-4,10-12,15-17H2,1-2H3,(H,28,29). The summed E-state index contributed by atoms with van der Waals surface area (Å²) in [5, 5.41) is 18.4. The van der Waals surface area contributed by atoms with Crippen molar-refractivity contribution >= 4 is 52.8 Å². The maximum absolute atomic E-state index is 11.0. The number of aliphatic hydroxyl groups is 1. The van der Waals surface area contributed by atoms with Gasteiger partial charge < -0.3 is 15.1 Å². The van der Waals surface area contributed by atoms with E-state index in [1.807, 2.05) is 6.07 Å². The predicted octanol–water partition coefficient (Wildman–Crippen LogP) is 5.79. The van der Waals surface area contributed by atoms with Crippen LogP contribution >= 0.6 is 35.5 Å². The molecule has 8 heteroatoms. The van der Waals surface area contributed by atoms with Gasteiger partial charge in [-0.25, -0.2) is 0 Å². The van der Waals surface area contributed by atoms with Crippen molar-refractivity contribution in [1.29, 1.82) is 0 Å². The van der Waals surface area contributed by atoms with E-state index in [1.165, 1.54) is 11.8 Å². The monoisotopic (exact) mass is 492 g/mol. The molecule has 0 spiro atoms. The van der Waals surface area contributed by atoms with E-state index in [4.69, 9.17) is 5.11 Å². The fourth-order valence-corrected chi connectivity index (χ4v) is 6.36. The lowest BCUT2D eigenvalue weighted by Gasteiger charge is -2.34. The molecule has 3 N–H and O–H groups in total. The molecule has 1 aliphatic heterocycles. The molecule has 174 valence electrons. The third-order valence-corrected chi connectivity index (χ3v) is 8.51. The second-order valence-corrected chi connectivity index (χ2v) is 11.1. The van der Waals surface area contributed by atoms with Crippen LogP contribution < -0.4 is 9.62 Å². The number of nitrogens with one attached hydrogen (secondary N) is 1. The average Bonchev–Trinajstić information content (AvgIpc) is 2.93. The van der Waals surface area contributed by atoms with Crippen molar-refractivity contribution in [3.8, 4) is 0 Å². The fraction of sp³-hybridized carbons (Fsp3) is 0.458. The second-order valence-electron chi connectivity index (χ2n) is 8.18. The first-order chi connectivity index (χ1) is 15.5. The molecule has 0 bridgehead atoms. The first-order valence-electron chi connectivity index (χ1n) is 10.9. The normalized spacial score (nSPS) is 18.3. The van der Waals surface area contributed by atoms with Gasteiger partial charge in [-0.15, -0.1) is 23.5 Å². The second kappa shape index (κ2) is 12.2. The number of hydrogen-bond donors (Lipinski definition) is 3. The minimum Gasteiger partial charge on any atom is -0.481 e. The van der Waals surface area contributed by atoms with Crippen LogP contribution in [0.3, 0.4) is 0 Å². The molecule has 0 amide bonds. The zero-order valence-electron chi connectivity index (χ0n) is 18.7. The zero-order valence-corrected chi connectivity index (χ0v) is 21.1. The Balaban J connectivity index is 2.02. The quantitative estimate of drug-likeness (QED) is 0.269. The number of anilines is 2. The van der Waals surface area contributed by atoms with Crippen LogP contribution in [0.25, 0.3) is 0 Å². The van der Waals surface area contributed by atoms with Crippen LogP contribution in [-0.4, -0.2) is 46.4 Å². The van der Waals surface area contributed by atoms with E-state index < -0.39 is 5.97 Å². The maximum Gasteiger partial charge on any atom is 0.313 e. The Bertz CT molecular complexity index is 898. The molecule has 0 saturated carbocycles. The molecule has 0 radical (unpaired) electrons. The molecule has 0 fully saturated rings. The van der Waals surface area contributed by atoms with Crippen LogP contribution in [0, 0.1) is 0 Å². The minimum absolute atomic E-state index is 0.0494. The van der Waals surface area contributed by atoms with Crippen LogP contribution in [0.1, 0.15) is 38.7 Å². The third kappa shape index (κ3) is 6.84. The van der Waals surface area contributed by atoms with Gasteiger partial charge in [-0.3, -0.25) is 9.52 Å². The highest BCUT2D eigenvalue weighted by atomic mass is 32.2. The summed E-state index contributed by atoms with van der Waals surface area (Å²) >= 11 is 4.71. The van der Waals surface area contributed by atoms with Crippen molar-refractivity contribution < 1.29 is 15.0 Å². The van der Waals surface area contributed by atoms with Crippen molar-refractivity contribution in [1.82, 2.24) is 4.72 Å². The van der Waals surface area contributed by atoms with E-state index in [1.54, 1.807) is 23.7 Å². The lowest BCUT2D eigenvalue weighted by molar-refractivity contribution is -0.133. The van der Waals surface area contributed by atoms with Gasteiger partial charge in [0.2, 0.25) is 0 Å². The zero-order chi connectivity index (χ0) is 23.0. The summed E-state index contributed by atoms with van der Waals surface area (Å²) in [4.78, 5) is 15.7. The van der Waals surface area contributed by atoms with Crippen molar-refractivity contribution in [2.45, 2.75) is 54.2 Å². The Morgan fingerprint density at radius 2 is 2.06 bits per heavy atom. The van der Waals surface area contributed by atoms with Crippen LogP contribution in [0.4, 0.5) is 11.4 Å². The van der Waals surface area contributed by atoms with Crippen molar-refractivity contribution in [3.63, 3.8) is 0 Å². The number of para-hydroxylation sites is 1. The molecular weight excluding hydrogens is 460 g/mol. The summed E-state index contributed by atoms with van der Waals surface area (Å²) in [6.07, 6.45) is 3.41. The molecule has 1 aliphatic rings. The Morgan fingerprint density at radius 3 is 2.75 bits per heavy atom. The number of carboxylic acids is 1. The SMILES string of the molecule is CCCCC1(C)CN(c2ccccc2)c2cc(SCCO)c(CSCC(=O)O)cc2SN1. The predicted molar refractivity (Wildman–Crippen MR) is 138 cm³/mol. The number of benzene rings is 2. The van der Waals surface area contributed by atoms with Crippen LogP contribution in [0.2, 0.25) is 0 Å². The molecule has 0 aromatic heterocycles. The highest BCUT2D eigenvalue weighted by Crippen LogP contribution is 2.43. The van der Waals surface area contributed by atoms with Gasteiger partial charge >= 0.3 is 5.97 Å². The van der Waals surface area contributed by atoms with E-state index in [2.05, 4.69) is 59.9 Å². The molecule has 1 unspecified atom stereocenters. The molecule has 0 aliphatic carbocycles. The lowest BCUT2D eigenvalue weighted by atomic mass is 9.95. The molecule has 32 heavy (non-hydrogen) atoms. The summed E-state index contributed by atoms with van der Waals surface area (Å²) < 4.78 is 3.74. The van der Waals surface area contributed by atoms with E-state index >= 15 is 0 Å². The minimum atomic E-state index is -0.799. The molecular formula is C24H32N2O3S3. The lowest BCUT2D eigenvalue weighted by Crippen LogP contribution is -2.46. The largest absolute Gasteiger partial charge is 0.481 e. The Kier molecular flexibility index (Phi) is 9.67. The summed E-state index contributed by atoms with van der Waals surface area (Å²) in [5.74, 6) is 0.525. The topological polar surface area (TPSA) is 72.8 Å². The fourth-order valence-electron chi connectivity index (χ4n) is 3.71. The van der Waals surface area contributed by atoms with Gasteiger partial charge in [0.05, 0.1) is 18.0 Å². The highest BCUT2D eigenvalue weighted by molar-refractivity contribution is 8.00. The number of unbranched alkanes of at least 4 members (excludes halogenated alkanes) is 1. The van der Waals surface area contributed by atoms with Crippen molar-refractivity contribution in [2.24, 2.45) is 0 Å². The van der Waals surface area contributed by atoms with Gasteiger partial charge in [0.1, 0.15) is 0 Å². The van der Waals surface area contributed by atoms with Crippen molar-refractivity contribution in [2.75, 3.05) is 29.6 Å². The molecule has 5 nitrogen and oxygen atoms in total. The molecule has 1 heterocycles. The summed E-state index contributed by atoms with van der Waals surface area (Å²) in [6, 6.07) is 14.9. The van der Waals surface area contributed by atoms with Crippen LogP contribution in [0.15, 0.2) is 52.3 Å². The number of aliphatic hydroxyl groups excluding tert-OH is 1. The Hall–Kier alpha value is -1.32. The molecule has 3 rings (SSSR count). The van der Waals surface area contributed by atoms with E-state index in [9.17, 15) is 9.90 Å². The first kappa shape index (κ1) is 25.3. The van der Waals surface area contributed by atoms with Crippen molar-refractivity contribution in [3.05, 3.63) is 48.0 Å². The maximum atomic E-state index is 11.0. The Morgan fingerprint density at radius 1 is 1.28 bits per heavy atom. The smallest absolute Gasteiger partial charge is 0.313 e.